The van der Waals surface area contributed by atoms with Crippen molar-refractivity contribution in [1.82, 2.24) is 0 Å². The molecule has 24 heavy (non-hydrogen) atoms. The fraction of sp³-hybridized carbons (Fsp3) is 0. The minimum Gasteiger partial charge on any atom is -0.504 e. The van der Waals surface area contributed by atoms with Crippen LogP contribution in [0.3, 0.4) is 0 Å². The highest BCUT2D eigenvalue weighted by molar-refractivity contribution is 7.81. The molecule has 3 rings (SSSR count). The maximum atomic E-state index is 12.3. The van der Waals surface area contributed by atoms with Crippen molar-refractivity contribution in [1.29, 1.82) is 0 Å². The molecule has 2 aromatic carbocycles. The van der Waals surface area contributed by atoms with Crippen LogP contribution in [0.2, 0.25) is 0 Å². The van der Waals surface area contributed by atoms with Crippen molar-refractivity contribution >= 4 is 21.4 Å². The summed E-state index contributed by atoms with van der Waals surface area (Å²) in [6.45, 7) is 0. The van der Waals surface area contributed by atoms with Crippen molar-refractivity contribution < 1.29 is 31.8 Å². The molecule has 0 aliphatic heterocycles. The van der Waals surface area contributed by atoms with Crippen molar-refractivity contribution in [3.05, 3.63) is 52.7 Å². The van der Waals surface area contributed by atoms with Gasteiger partial charge in [0.15, 0.2) is 11.2 Å². The van der Waals surface area contributed by atoms with Gasteiger partial charge in [0.1, 0.15) is 16.7 Å². The lowest BCUT2D eigenvalue weighted by atomic mass is 10.1. The zero-order chi connectivity index (χ0) is 17.5. The highest BCUT2D eigenvalue weighted by atomic mass is 32.3. The molecule has 1 heterocycles. The first-order valence-corrected chi connectivity index (χ1v) is 7.88. The number of hydrogen-bond acceptors (Lipinski definition) is 7. The molecular formula is C15H10O8S. The Morgan fingerprint density at radius 3 is 2.33 bits per heavy atom. The highest BCUT2D eigenvalue weighted by Crippen LogP contribution is 2.42. The highest BCUT2D eigenvalue weighted by Gasteiger charge is 2.23. The SMILES string of the molecule is O=c1cc(-c2ccccc2)oc2cc(O)c(O)c(OS(=O)(=O)O)c12. The molecule has 1 aromatic heterocycles. The van der Waals surface area contributed by atoms with Gasteiger partial charge in [-0.05, 0) is 0 Å². The van der Waals surface area contributed by atoms with E-state index in [-0.39, 0.29) is 11.3 Å². The average Bonchev–Trinajstić information content (AvgIpc) is 2.51. The lowest BCUT2D eigenvalue weighted by Crippen LogP contribution is -2.10. The second-order valence-electron chi connectivity index (χ2n) is 4.80. The number of fused-ring (bicyclic) bond motifs is 1. The van der Waals surface area contributed by atoms with E-state index in [4.69, 9.17) is 8.97 Å². The molecule has 0 amide bonds. The topological polar surface area (TPSA) is 134 Å². The van der Waals surface area contributed by atoms with E-state index in [2.05, 4.69) is 4.18 Å². The summed E-state index contributed by atoms with van der Waals surface area (Å²) >= 11 is 0. The van der Waals surface area contributed by atoms with Gasteiger partial charge in [-0.15, -0.1) is 0 Å². The Balaban J connectivity index is 2.34. The van der Waals surface area contributed by atoms with Gasteiger partial charge in [-0.25, -0.2) is 0 Å². The van der Waals surface area contributed by atoms with Gasteiger partial charge >= 0.3 is 10.4 Å². The largest absolute Gasteiger partial charge is 0.504 e. The zero-order valence-corrected chi connectivity index (χ0v) is 12.6. The maximum Gasteiger partial charge on any atom is 0.446 e. The van der Waals surface area contributed by atoms with E-state index in [0.717, 1.165) is 12.1 Å². The lowest BCUT2D eigenvalue weighted by molar-refractivity contribution is 0.359. The van der Waals surface area contributed by atoms with Crippen LogP contribution in [0.4, 0.5) is 0 Å². The molecule has 3 aromatic rings. The minimum atomic E-state index is -5.04. The van der Waals surface area contributed by atoms with Crippen molar-refractivity contribution in [2.24, 2.45) is 0 Å². The van der Waals surface area contributed by atoms with Crippen LogP contribution in [0.1, 0.15) is 0 Å². The van der Waals surface area contributed by atoms with Gasteiger partial charge in [-0.3, -0.25) is 9.35 Å². The normalized spacial score (nSPS) is 11.5. The summed E-state index contributed by atoms with van der Waals surface area (Å²) in [5, 5.41) is 19.0. The van der Waals surface area contributed by atoms with Crippen molar-refractivity contribution in [2.45, 2.75) is 0 Å². The van der Waals surface area contributed by atoms with Gasteiger partial charge in [-0.2, -0.15) is 8.42 Å². The fourth-order valence-corrected chi connectivity index (χ4v) is 2.57. The van der Waals surface area contributed by atoms with E-state index in [1.807, 2.05) is 0 Å². The first-order valence-electron chi connectivity index (χ1n) is 6.51. The Kier molecular flexibility index (Phi) is 3.66. The molecule has 9 heteroatoms. The van der Waals surface area contributed by atoms with Crippen molar-refractivity contribution in [2.75, 3.05) is 0 Å². The van der Waals surface area contributed by atoms with Crippen LogP contribution in [-0.2, 0) is 10.4 Å². The van der Waals surface area contributed by atoms with Crippen LogP contribution in [-0.4, -0.2) is 23.2 Å². The van der Waals surface area contributed by atoms with E-state index in [0.29, 0.717) is 5.56 Å². The van der Waals surface area contributed by atoms with Crippen LogP contribution in [0.25, 0.3) is 22.3 Å². The molecule has 0 fully saturated rings. The molecule has 0 saturated carbocycles. The van der Waals surface area contributed by atoms with Crippen LogP contribution in [0.5, 0.6) is 17.2 Å². The Labute approximate surface area is 135 Å². The second-order valence-corrected chi connectivity index (χ2v) is 5.82. The van der Waals surface area contributed by atoms with Crippen molar-refractivity contribution in [3.63, 3.8) is 0 Å². The second kappa shape index (κ2) is 5.55. The molecule has 8 nitrogen and oxygen atoms in total. The number of aromatic hydroxyl groups is 2. The summed E-state index contributed by atoms with van der Waals surface area (Å²) in [5.41, 5.74) is -0.388. The Morgan fingerprint density at radius 1 is 1.04 bits per heavy atom. The number of hydrogen-bond donors (Lipinski definition) is 3. The van der Waals surface area contributed by atoms with E-state index in [9.17, 15) is 23.4 Å². The van der Waals surface area contributed by atoms with Gasteiger partial charge in [0.2, 0.25) is 11.5 Å². The van der Waals surface area contributed by atoms with E-state index >= 15 is 0 Å². The molecule has 124 valence electrons. The molecule has 0 spiro atoms. The summed E-state index contributed by atoms with van der Waals surface area (Å²) in [5.74, 6) is -2.55. The van der Waals surface area contributed by atoms with Crippen LogP contribution in [0, 0.1) is 0 Å². The summed E-state index contributed by atoms with van der Waals surface area (Å²) in [7, 11) is -5.04. The molecule has 0 aliphatic carbocycles. The van der Waals surface area contributed by atoms with Gasteiger partial charge < -0.3 is 18.8 Å². The van der Waals surface area contributed by atoms with Gasteiger partial charge in [0.25, 0.3) is 0 Å². The number of benzene rings is 2. The first kappa shape index (κ1) is 15.8. The third kappa shape index (κ3) is 2.90. The predicted molar refractivity (Wildman–Crippen MR) is 83.4 cm³/mol. The monoisotopic (exact) mass is 350 g/mol. The summed E-state index contributed by atoms with van der Waals surface area (Å²) in [4.78, 5) is 12.3. The molecule has 0 saturated heterocycles. The number of phenolic OH excluding ortho intramolecular Hbond substituents is 2. The third-order valence-electron chi connectivity index (χ3n) is 3.17. The van der Waals surface area contributed by atoms with Gasteiger partial charge in [0, 0.05) is 17.7 Å². The van der Waals surface area contributed by atoms with Gasteiger partial charge in [-0.1, -0.05) is 30.3 Å². The number of phenols is 2. The fourth-order valence-electron chi connectivity index (χ4n) is 2.20. The maximum absolute atomic E-state index is 12.3. The number of rotatable bonds is 3. The minimum absolute atomic E-state index is 0.163. The lowest BCUT2D eigenvalue weighted by Gasteiger charge is -2.10. The Bertz CT molecular complexity index is 1080. The molecule has 0 atom stereocenters. The van der Waals surface area contributed by atoms with E-state index < -0.39 is 38.5 Å². The molecule has 0 radical (unpaired) electrons. The summed E-state index contributed by atoms with van der Waals surface area (Å²) in [6, 6.07) is 10.6. The molecule has 0 unspecified atom stereocenters. The Hall–Kier alpha value is -3.04. The third-order valence-corrected chi connectivity index (χ3v) is 3.55. The summed E-state index contributed by atoms with van der Waals surface area (Å²) < 4.78 is 40.3. The van der Waals surface area contributed by atoms with E-state index in [1.54, 1.807) is 30.3 Å². The van der Waals surface area contributed by atoms with Crippen molar-refractivity contribution in [3.8, 4) is 28.6 Å². The molecule has 3 N–H and O–H groups in total. The standard InChI is InChI=1S/C15H10O8S/c16-9-6-11(8-4-2-1-3-5-8)22-12-7-10(17)14(18)15(13(9)12)23-24(19,20)21/h1-7,17-18H,(H,19,20,21). The van der Waals surface area contributed by atoms with Crippen LogP contribution >= 0.6 is 0 Å². The quantitative estimate of drug-likeness (QED) is 0.482. The van der Waals surface area contributed by atoms with Crippen LogP contribution in [0.15, 0.2) is 51.7 Å². The Morgan fingerprint density at radius 2 is 1.71 bits per heavy atom. The van der Waals surface area contributed by atoms with E-state index in [1.165, 1.54) is 0 Å². The predicted octanol–water partition coefficient (Wildman–Crippen LogP) is 2.05. The average molecular weight is 350 g/mol. The van der Waals surface area contributed by atoms with Crippen LogP contribution < -0.4 is 9.61 Å². The smallest absolute Gasteiger partial charge is 0.446 e. The van der Waals surface area contributed by atoms with Gasteiger partial charge in [0.05, 0.1) is 0 Å². The molecule has 0 bridgehead atoms. The molecule has 0 aliphatic rings. The molecular weight excluding hydrogens is 340 g/mol. The zero-order valence-electron chi connectivity index (χ0n) is 11.8. The summed E-state index contributed by atoms with van der Waals surface area (Å²) in [6.07, 6.45) is 0. The first-order chi connectivity index (χ1) is 11.3.